The lowest BCUT2D eigenvalue weighted by molar-refractivity contribution is 0.206. The molecular weight excluding hydrogens is 208 g/mol. The van der Waals surface area contributed by atoms with Crippen LogP contribution < -0.4 is 5.73 Å². The van der Waals surface area contributed by atoms with Crippen LogP contribution in [0.2, 0.25) is 0 Å². The highest BCUT2D eigenvalue weighted by Gasteiger charge is 2.27. The van der Waals surface area contributed by atoms with E-state index in [1.807, 2.05) is 11.6 Å². The molecular formula is C10H16N4S. The van der Waals surface area contributed by atoms with E-state index in [2.05, 4.69) is 17.2 Å². The Hall–Kier alpha value is -0.970. The molecule has 0 spiro atoms. The molecule has 82 valence electrons. The molecule has 0 radical (unpaired) electrons. The second kappa shape index (κ2) is 3.89. The van der Waals surface area contributed by atoms with Crippen molar-refractivity contribution in [2.75, 3.05) is 0 Å². The maximum Gasteiger partial charge on any atom is 0.142 e. The van der Waals surface area contributed by atoms with Gasteiger partial charge in [-0.2, -0.15) is 0 Å². The fourth-order valence-corrected chi connectivity index (χ4v) is 2.27. The average Bonchev–Trinajstić information content (AvgIpc) is 2.43. The van der Waals surface area contributed by atoms with E-state index in [0.717, 1.165) is 11.6 Å². The van der Waals surface area contributed by atoms with Crippen molar-refractivity contribution < 1.29 is 0 Å². The topological polar surface area (TPSA) is 56.7 Å². The first-order chi connectivity index (χ1) is 7.11. The second-order valence-electron chi connectivity index (χ2n) is 4.26. The fourth-order valence-electron chi connectivity index (χ4n) is 2.08. The number of nitrogens with two attached hydrogens (primary N) is 1. The van der Waals surface area contributed by atoms with Gasteiger partial charge in [-0.05, 0) is 32.6 Å². The summed E-state index contributed by atoms with van der Waals surface area (Å²) in [6.45, 7) is 4.17. The molecule has 1 atom stereocenters. The first kappa shape index (κ1) is 10.5. The first-order valence-electron chi connectivity index (χ1n) is 5.33. The van der Waals surface area contributed by atoms with Crippen molar-refractivity contribution in [2.45, 2.75) is 39.2 Å². The largest absolute Gasteiger partial charge is 0.388 e. The molecule has 1 fully saturated rings. The Balaban J connectivity index is 2.24. The van der Waals surface area contributed by atoms with Gasteiger partial charge in [0.25, 0.3) is 0 Å². The molecule has 0 aliphatic heterocycles. The van der Waals surface area contributed by atoms with Gasteiger partial charge < -0.3 is 5.73 Å². The molecule has 1 aliphatic rings. The van der Waals surface area contributed by atoms with Gasteiger partial charge in [0.2, 0.25) is 0 Å². The Morgan fingerprint density at radius 3 is 2.67 bits per heavy atom. The summed E-state index contributed by atoms with van der Waals surface area (Å²) < 4.78 is 1.96. The minimum Gasteiger partial charge on any atom is -0.388 e. The van der Waals surface area contributed by atoms with Gasteiger partial charge in [0.1, 0.15) is 10.7 Å². The molecule has 1 saturated carbocycles. The van der Waals surface area contributed by atoms with Crippen LogP contribution in [-0.4, -0.2) is 20.0 Å². The predicted octanol–water partition coefficient (Wildman–Crippen LogP) is 1.58. The van der Waals surface area contributed by atoms with Gasteiger partial charge in [-0.15, -0.1) is 5.10 Å². The third-order valence-corrected chi connectivity index (χ3v) is 3.57. The molecule has 2 N–H and O–H groups in total. The minimum atomic E-state index is 0.333. The van der Waals surface area contributed by atoms with Gasteiger partial charge in [-0.25, -0.2) is 4.68 Å². The van der Waals surface area contributed by atoms with E-state index in [-0.39, 0.29) is 0 Å². The van der Waals surface area contributed by atoms with Crippen molar-refractivity contribution in [3.05, 3.63) is 11.4 Å². The lowest BCUT2D eigenvalue weighted by Gasteiger charge is -2.31. The molecule has 0 amide bonds. The first-order valence-corrected chi connectivity index (χ1v) is 5.73. The van der Waals surface area contributed by atoms with Crippen LogP contribution in [0.4, 0.5) is 0 Å². The van der Waals surface area contributed by atoms with Gasteiger partial charge in [-0.3, -0.25) is 0 Å². The molecule has 1 aromatic heterocycles. The number of nitrogens with zero attached hydrogens (tertiary/aromatic N) is 3. The predicted molar refractivity (Wildman–Crippen MR) is 62.7 cm³/mol. The summed E-state index contributed by atoms with van der Waals surface area (Å²) >= 11 is 4.92. The van der Waals surface area contributed by atoms with Crippen LogP contribution in [-0.2, 0) is 0 Å². The zero-order chi connectivity index (χ0) is 11.0. The van der Waals surface area contributed by atoms with E-state index in [1.165, 1.54) is 19.3 Å². The third kappa shape index (κ3) is 1.76. The van der Waals surface area contributed by atoms with Crippen LogP contribution in [0.15, 0.2) is 0 Å². The van der Waals surface area contributed by atoms with Crippen molar-refractivity contribution in [1.82, 2.24) is 15.0 Å². The van der Waals surface area contributed by atoms with Gasteiger partial charge in [0.05, 0.1) is 11.7 Å². The Kier molecular flexibility index (Phi) is 2.73. The smallest absolute Gasteiger partial charge is 0.142 e. The van der Waals surface area contributed by atoms with Crippen LogP contribution in [0, 0.1) is 12.8 Å². The average molecular weight is 224 g/mol. The normalized spacial score (nSPS) is 18.5. The van der Waals surface area contributed by atoms with Gasteiger partial charge in [0, 0.05) is 0 Å². The monoisotopic (exact) mass is 224 g/mol. The molecule has 1 aliphatic carbocycles. The number of aromatic nitrogens is 3. The second-order valence-corrected chi connectivity index (χ2v) is 4.70. The summed E-state index contributed by atoms with van der Waals surface area (Å²) in [5.41, 5.74) is 7.22. The van der Waals surface area contributed by atoms with Crippen molar-refractivity contribution in [1.29, 1.82) is 0 Å². The quantitative estimate of drug-likeness (QED) is 0.792. The molecule has 15 heavy (non-hydrogen) atoms. The van der Waals surface area contributed by atoms with E-state index in [1.54, 1.807) is 0 Å². The minimum absolute atomic E-state index is 0.333. The van der Waals surface area contributed by atoms with Gasteiger partial charge in [-0.1, -0.05) is 23.9 Å². The molecule has 4 nitrogen and oxygen atoms in total. The molecule has 1 heterocycles. The third-order valence-electron chi connectivity index (χ3n) is 3.38. The Bertz CT molecular complexity index is 381. The van der Waals surface area contributed by atoms with Crippen molar-refractivity contribution >= 4 is 17.2 Å². The van der Waals surface area contributed by atoms with E-state index in [4.69, 9.17) is 18.0 Å². The summed E-state index contributed by atoms with van der Waals surface area (Å²) in [6.07, 6.45) is 3.93. The van der Waals surface area contributed by atoms with Crippen LogP contribution in [0.25, 0.3) is 0 Å². The Morgan fingerprint density at radius 2 is 2.27 bits per heavy atom. The van der Waals surface area contributed by atoms with Gasteiger partial charge in [0.15, 0.2) is 0 Å². The Labute approximate surface area is 94.8 Å². The van der Waals surface area contributed by atoms with E-state index < -0.39 is 0 Å². The maximum atomic E-state index is 5.57. The van der Waals surface area contributed by atoms with E-state index in [0.29, 0.717) is 16.7 Å². The zero-order valence-corrected chi connectivity index (χ0v) is 9.92. The van der Waals surface area contributed by atoms with Crippen molar-refractivity contribution in [2.24, 2.45) is 11.7 Å². The standard InChI is InChI=1S/C10H16N4S/c1-6(8-4-3-5-8)14-7(2)9(10(11)15)12-13-14/h6,8H,3-5H2,1-2H3,(H2,11,15). The summed E-state index contributed by atoms with van der Waals surface area (Å²) in [7, 11) is 0. The van der Waals surface area contributed by atoms with E-state index >= 15 is 0 Å². The molecule has 2 rings (SSSR count). The highest BCUT2D eigenvalue weighted by molar-refractivity contribution is 7.80. The molecule has 1 unspecified atom stereocenters. The van der Waals surface area contributed by atoms with Crippen LogP contribution in [0.3, 0.4) is 0 Å². The highest BCUT2D eigenvalue weighted by Crippen LogP contribution is 2.36. The van der Waals surface area contributed by atoms with E-state index in [9.17, 15) is 0 Å². The SMILES string of the molecule is Cc1c(C(N)=S)nnn1C(C)C1CCC1. The van der Waals surface area contributed by atoms with Crippen LogP contribution in [0.5, 0.6) is 0 Å². The highest BCUT2D eigenvalue weighted by atomic mass is 32.1. The Morgan fingerprint density at radius 1 is 1.60 bits per heavy atom. The summed E-state index contributed by atoms with van der Waals surface area (Å²) in [5, 5.41) is 8.16. The molecule has 1 aromatic rings. The van der Waals surface area contributed by atoms with Gasteiger partial charge >= 0.3 is 0 Å². The lowest BCUT2D eigenvalue weighted by atomic mass is 9.80. The maximum absolute atomic E-state index is 5.57. The molecule has 0 aromatic carbocycles. The zero-order valence-electron chi connectivity index (χ0n) is 9.10. The molecule has 0 saturated heterocycles. The summed E-state index contributed by atoms with van der Waals surface area (Å²) in [6, 6.07) is 0.411. The number of hydrogen-bond acceptors (Lipinski definition) is 3. The van der Waals surface area contributed by atoms with Crippen molar-refractivity contribution in [3.8, 4) is 0 Å². The lowest BCUT2D eigenvalue weighted by Crippen LogP contribution is -2.24. The molecule has 5 heteroatoms. The summed E-state index contributed by atoms with van der Waals surface area (Å²) in [4.78, 5) is 0.333. The number of rotatable bonds is 3. The van der Waals surface area contributed by atoms with Crippen molar-refractivity contribution in [3.63, 3.8) is 0 Å². The molecule has 0 bridgehead atoms. The summed E-state index contributed by atoms with van der Waals surface area (Å²) in [5.74, 6) is 0.740. The number of hydrogen-bond donors (Lipinski definition) is 1. The number of thiocarbonyl (C=S) groups is 1. The fraction of sp³-hybridized carbons (Fsp3) is 0.700. The van der Waals surface area contributed by atoms with Crippen LogP contribution in [0.1, 0.15) is 43.6 Å². The van der Waals surface area contributed by atoms with Crippen LogP contribution >= 0.6 is 12.2 Å².